The number of nitrogens with zero attached hydrogens (tertiary/aromatic N) is 5. The molecule has 1 aromatic carbocycles. The maximum absolute atomic E-state index is 14.1. The van der Waals surface area contributed by atoms with Crippen LogP contribution < -0.4 is 0 Å². The fourth-order valence-corrected chi connectivity index (χ4v) is 5.13. The number of furan rings is 1. The number of piperazine rings is 1. The number of aromatic hydroxyl groups is 1. The molecular weight excluding hydrogens is 421 g/mol. The first kappa shape index (κ1) is 19.7. The molecule has 1 fully saturated rings. The summed E-state index contributed by atoms with van der Waals surface area (Å²) in [5.41, 5.74) is 0.724. The van der Waals surface area contributed by atoms with Crippen LogP contribution in [0.5, 0.6) is 5.88 Å². The van der Waals surface area contributed by atoms with Gasteiger partial charge in [0.1, 0.15) is 11.6 Å². The Hall–Kier alpha value is -3.24. The number of aryl methyl sites for hydroxylation is 1. The summed E-state index contributed by atoms with van der Waals surface area (Å²) in [6.45, 7) is 3.86. The predicted molar refractivity (Wildman–Crippen MR) is 112 cm³/mol. The van der Waals surface area contributed by atoms with Crippen LogP contribution in [-0.4, -0.2) is 61.6 Å². The lowest BCUT2D eigenvalue weighted by atomic mass is 10.0. The zero-order chi connectivity index (χ0) is 21.5. The maximum Gasteiger partial charge on any atom is 0.289 e. The van der Waals surface area contributed by atoms with Gasteiger partial charge in [0.05, 0.1) is 17.2 Å². The first-order chi connectivity index (χ1) is 15.0. The van der Waals surface area contributed by atoms with Crippen LogP contribution in [0.15, 0.2) is 47.1 Å². The molecule has 31 heavy (non-hydrogen) atoms. The number of thiazole rings is 1. The van der Waals surface area contributed by atoms with Gasteiger partial charge in [-0.1, -0.05) is 23.5 Å². The summed E-state index contributed by atoms with van der Waals surface area (Å²) in [4.78, 5) is 22.1. The number of carbonyl (C=O) groups excluding carboxylic acids is 1. The van der Waals surface area contributed by atoms with Gasteiger partial charge in [-0.25, -0.2) is 9.37 Å². The maximum atomic E-state index is 14.1. The Balaban J connectivity index is 1.46. The molecule has 5 rings (SSSR count). The van der Waals surface area contributed by atoms with Gasteiger partial charge in [-0.05, 0) is 36.8 Å². The van der Waals surface area contributed by atoms with Crippen molar-refractivity contribution in [3.05, 3.63) is 70.5 Å². The smallest absolute Gasteiger partial charge is 0.289 e. The van der Waals surface area contributed by atoms with Gasteiger partial charge in [0.15, 0.2) is 5.76 Å². The molecule has 0 aliphatic carbocycles. The summed E-state index contributed by atoms with van der Waals surface area (Å²) in [7, 11) is 0. The lowest BCUT2D eigenvalue weighted by molar-refractivity contribution is 0.0567. The van der Waals surface area contributed by atoms with Gasteiger partial charge in [0.2, 0.25) is 10.8 Å². The van der Waals surface area contributed by atoms with E-state index in [1.54, 1.807) is 30.0 Å². The summed E-state index contributed by atoms with van der Waals surface area (Å²) in [6, 6.07) is 9.33. The van der Waals surface area contributed by atoms with Crippen LogP contribution in [-0.2, 0) is 0 Å². The minimum atomic E-state index is -0.384. The van der Waals surface area contributed by atoms with Crippen molar-refractivity contribution in [2.24, 2.45) is 0 Å². The minimum Gasteiger partial charge on any atom is -0.492 e. The SMILES string of the molecule is Cc1nc2sc([C@@H](c3cccc(F)c3)N3CCN(C(=O)c4ccco4)CC3)c(O)n2n1. The molecule has 1 amide bonds. The molecule has 8 nitrogen and oxygen atoms in total. The quantitative estimate of drug-likeness (QED) is 0.524. The van der Waals surface area contributed by atoms with Crippen LogP contribution in [0.25, 0.3) is 4.96 Å². The van der Waals surface area contributed by atoms with Gasteiger partial charge in [0.25, 0.3) is 5.91 Å². The summed E-state index contributed by atoms with van der Waals surface area (Å²) in [5.74, 6) is 0.395. The molecule has 4 aromatic rings. The number of amides is 1. The highest BCUT2D eigenvalue weighted by Gasteiger charge is 2.33. The van der Waals surface area contributed by atoms with Crippen molar-refractivity contribution in [3.63, 3.8) is 0 Å². The standard InChI is InChI=1S/C21H20FN5O3S/c1-13-23-21-27(24-13)20(29)18(31-21)17(14-4-2-5-15(22)12-14)25-7-9-26(10-8-25)19(28)16-6-3-11-30-16/h2-6,11-12,17,29H,7-10H2,1H3/t17-/m1/s1. The van der Waals surface area contributed by atoms with E-state index in [0.717, 1.165) is 5.56 Å². The summed E-state index contributed by atoms with van der Waals surface area (Å²) in [5, 5.41) is 15.1. The molecule has 3 aromatic heterocycles. The number of carbonyl (C=O) groups is 1. The average Bonchev–Trinajstić information content (AvgIpc) is 3.48. The Labute approximate surface area is 181 Å². The van der Waals surface area contributed by atoms with Crippen LogP contribution in [0.2, 0.25) is 0 Å². The monoisotopic (exact) mass is 441 g/mol. The Morgan fingerprint density at radius 2 is 2.03 bits per heavy atom. The fourth-order valence-electron chi connectivity index (χ4n) is 3.97. The average molecular weight is 441 g/mol. The molecule has 1 aliphatic heterocycles. The molecule has 0 saturated carbocycles. The van der Waals surface area contributed by atoms with Crippen molar-refractivity contribution in [2.75, 3.05) is 26.2 Å². The highest BCUT2D eigenvalue weighted by atomic mass is 32.1. The van der Waals surface area contributed by atoms with Crippen LogP contribution in [0, 0.1) is 12.7 Å². The molecule has 1 aliphatic rings. The lowest BCUT2D eigenvalue weighted by Gasteiger charge is -2.38. The van der Waals surface area contributed by atoms with Crippen molar-refractivity contribution in [1.29, 1.82) is 0 Å². The Kier molecular flexibility index (Phi) is 4.95. The van der Waals surface area contributed by atoms with E-state index in [2.05, 4.69) is 15.0 Å². The number of benzene rings is 1. The first-order valence-electron chi connectivity index (χ1n) is 9.88. The van der Waals surface area contributed by atoms with Gasteiger partial charge in [-0.3, -0.25) is 9.69 Å². The third-order valence-electron chi connectivity index (χ3n) is 5.42. The number of fused-ring (bicyclic) bond motifs is 1. The van der Waals surface area contributed by atoms with Crippen LogP contribution in [0.1, 0.15) is 32.9 Å². The van der Waals surface area contributed by atoms with Crippen LogP contribution in [0.4, 0.5) is 4.39 Å². The summed E-state index contributed by atoms with van der Waals surface area (Å²) >= 11 is 1.33. The molecule has 0 unspecified atom stereocenters. The number of hydrogen-bond acceptors (Lipinski definition) is 7. The van der Waals surface area contributed by atoms with E-state index in [0.29, 0.717) is 47.6 Å². The van der Waals surface area contributed by atoms with E-state index in [1.165, 1.54) is 34.2 Å². The molecule has 160 valence electrons. The zero-order valence-electron chi connectivity index (χ0n) is 16.7. The molecule has 0 bridgehead atoms. The lowest BCUT2D eigenvalue weighted by Crippen LogP contribution is -2.49. The molecule has 1 saturated heterocycles. The van der Waals surface area contributed by atoms with Gasteiger partial charge in [-0.15, -0.1) is 5.10 Å². The second kappa shape index (κ2) is 7.78. The highest BCUT2D eigenvalue weighted by Crippen LogP contribution is 2.40. The molecular formula is C21H20FN5O3S. The second-order valence-corrected chi connectivity index (χ2v) is 8.42. The Bertz CT molecular complexity index is 1230. The number of aromatic nitrogens is 3. The van der Waals surface area contributed by atoms with Crippen molar-refractivity contribution in [3.8, 4) is 5.88 Å². The van der Waals surface area contributed by atoms with Crippen molar-refractivity contribution < 1.29 is 18.7 Å². The van der Waals surface area contributed by atoms with Gasteiger partial charge in [-0.2, -0.15) is 4.52 Å². The predicted octanol–water partition coefficient (Wildman–Crippen LogP) is 3.08. The van der Waals surface area contributed by atoms with Crippen molar-refractivity contribution in [2.45, 2.75) is 13.0 Å². The fraction of sp³-hybridized carbons (Fsp3) is 0.286. The minimum absolute atomic E-state index is 0.00366. The third kappa shape index (κ3) is 3.57. The molecule has 1 atom stereocenters. The summed E-state index contributed by atoms with van der Waals surface area (Å²) in [6.07, 6.45) is 1.48. The largest absolute Gasteiger partial charge is 0.492 e. The Morgan fingerprint density at radius 3 is 2.71 bits per heavy atom. The normalized spacial score (nSPS) is 16.1. The van der Waals surface area contributed by atoms with E-state index in [9.17, 15) is 14.3 Å². The van der Waals surface area contributed by atoms with Gasteiger partial charge < -0.3 is 14.4 Å². The first-order valence-corrected chi connectivity index (χ1v) is 10.7. The highest BCUT2D eigenvalue weighted by molar-refractivity contribution is 7.17. The molecule has 1 N–H and O–H groups in total. The number of halogens is 1. The van der Waals surface area contributed by atoms with E-state index in [4.69, 9.17) is 4.42 Å². The van der Waals surface area contributed by atoms with Crippen molar-refractivity contribution in [1.82, 2.24) is 24.4 Å². The second-order valence-electron chi connectivity index (χ2n) is 7.41. The Morgan fingerprint density at radius 1 is 1.23 bits per heavy atom. The third-order valence-corrected chi connectivity index (χ3v) is 6.49. The van der Waals surface area contributed by atoms with E-state index >= 15 is 0 Å². The van der Waals surface area contributed by atoms with Crippen molar-refractivity contribution >= 4 is 22.2 Å². The van der Waals surface area contributed by atoms with E-state index in [1.807, 2.05) is 6.07 Å². The van der Waals surface area contributed by atoms with Gasteiger partial charge in [0, 0.05) is 26.2 Å². The van der Waals surface area contributed by atoms with Crippen LogP contribution in [0.3, 0.4) is 0 Å². The summed E-state index contributed by atoms with van der Waals surface area (Å²) < 4.78 is 20.7. The topological polar surface area (TPSA) is 87.1 Å². The molecule has 0 radical (unpaired) electrons. The van der Waals surface area contributed by atoms with Crippen LogP contribution >= 0.6 is 11.3 Å². The molecule has 0 spiro atoms. The van der Waals surface area contributed by atoms with E-state index in [-0.39, 0.29) is 23.6 Å². The van der Waals surface area contributed by atoms with Gasteiger partial charge >= 0.3 is 0 Å². The number of rotatable bonds is 4. The van der Waals surface area contributed by atoms with E-state index < -0.39 is 0 Å². The molecule has 4 heterocycles. The molecule has 10 heteroatoms. The zero-order valence-corrected chi connectivity index (χ0v) is 17.5. The number of hydrogen-bond donors (Lipinski definition) is 1.